The lowest BCUT2D eigenvalue weighted by atomic mass is 10.0. The number of carbonyl (C=O) groups excluding carboxylic acids is 1. The number of rotatable bonds is 3. The summed E-state index contributed by atoms with van der Waals surface area (Å²) >= 11 is 3.37. The predicted octanol–water partition coefficient (Wildman–Crippen LogP) is 1.33. The van der Waals surface area contributed by atoms with Crippen molar-refractivity contribution in [3.05, 3.63) is 28.2 Å². The minimum absolute atomic E-state index is 0.0109. The monoisotopic (exact) mass is 285 g/mol. The first-order valence-electron chi connectivity index (χ1n) is 4.98. The number of fused-ring (bicyclic) bond motifs is 1. The van der Waals surface area contributed by atoms with Gasteiger partial charge in [0.15, 0.2) is 0 Å². The van der Waals surface area contributed by atoms with Crippen LogP contribution >= 0.6 is 15.9 Å². The van der Waals surface area contributed by atoms with Crippen molar-refractivity contribution in [2.75, 3.05) is 19.9 Å². The number of hydrogen-bond acceptors (Lipinski definition) is 4. The molecule has 1 unspecified atom stereocenters. The molecule has 0 saturated carbocycles. The maximum Gasteiger partial charge on any atom is 0.143 e. The van der Waals surface area contributed by atoms with Crippen molar-refractivity contribution in [2.24, 2.45) is 0 Å². The molecule has 86 valence electrons. The third-order valence-electron chi connectivity index (χ3n) is 2.59. The van der Waals surface area contributed by atoms with Crippen molar-refractivity contribution < 1.29 is 14.6 Å². The van der Waals surface area contributed by atoms with Gasteiger partial charge in [0.1, 0.15) is 18.8 Å². The Bertz CT molecular complexity index is 397. The Labute approximate surface area is 102 Å². The Morgan fingerprint density at radius 1 is 1.62 bits per heavy atom. The number of benzene rings is 1. The zero-order valence-corrected chi connectivity index (χ0v) is 10.2. The molecule has 0 bridgehead atoms. The van der Waals surface area contributed by atoms with E-state index in [4.69, 9.17) is 9.84 Å². The van der Waals surface area contributed by atoms with E-state index in [1.54, 1.807) is 4.90 Å². The number of carbonyl (C=O) groups is 1. The maximum atomic E-state index is 11.1. The van der Waals surface area contributed by atoms with Crippen LogP contribution in [0.15, 0.2) is 22.7 Å². The van der Waals surface area contributed by atoms with Crippen LogP contribution in [0, 0.1) is 0 Å². The zero-order valence-electron chi connectivity index (χ0n) is 8.60. The highest BCUT2D eigenvalue weighted by Gasteiger charge is 2.27. The van der Waals surface area contributed by atoms with Gasteiger partial charge >= 0.3 is 0 Å². The normalized spacial score (nSPS) is 20.0. The first-order valence-corrected chi connectivity index (χ1v) is 5.78. The average molecular weight is 286 g/mol. The smallest absolute Gasteiger partial charge is 0.143 e. The van der Waals surface area contributed by atoms with Gasteiger partial charge in [0.2, 0.25) is 0 Å². The molecular formula is C11H12BrNO3. The van der Waals surface area contributed by atoms with E-state index in [1.807, 2.05) is 18.2 Å². The summed E-state index contributed by atoms with van der Waals surface area (Å²) < 4.78 is 6.42. The summed E-state index contributed by atoms with van der Waals surface area (Å²) in [5, 5.41) is 8.91. The Morgan fingerprint density at radius 3 is 3.12 bits per heavy atom. The van der Waals surface area contributed by atoms with Gasteiger partial charge in [0, 0.05) is 16.6 Å². The van der Waals surface area contributed by atoms with Crippen LogP contribution < -0.4 is 4.74 Å². The molecule has 1 aromatic carbocycles. The molecule has 2 rings (SSSR count). The van der Waals surface area contributed by atoms with Crippen molar-refractivity contribution in [1.82, 2.24) is 4.90 Å². The number of halogens is 1. The van der Waals surface area contributed by atoms with E-state index in [2.05, 4.69) is 15.9 Å². The third-order valence-corrected chi connectivity index (χ3v) is 3.08. The SMILES string of the molecule is O=CC1c2cc(Br)ccc2OCN1CCO. The fraction of sp³-hybridized carbons (Fsp3) is 0.364. The molecule has 1 aliphatic heterocycles. The van der Waals surface area contributed by atoms with E-state index in [1.165, 1.54) is 0 Å². The molecule has 1 aromatic rings. The number of β-amino-alcohol motifs (C(OH)–C–C–N with tert-alkyl or cyclic N) is 1. The van der Waals surface area contributed by atoms with Gasteiger partial charge in [0.25, 0.3) is 0 Å². The molecule has 1 aliphatic rings. The Kier molecular flexibility index (Phi) is 3.58. The lowest BCUT2D eigenvalue weighted by molar-refractivity contribution is -0.115. The largest absolute Gasteiger partial charge is 0.478 e. The van der Waals surface area contributed by atoms with Gasteiger partial charge in [-0.1, -0.05) is 15.9 Å². The number of aliphatic hydroxyl groups is 1. The fourth-order valence-corrected chi connectivity index (χ4v) is 2.18. The second-order valence-electron chi connectivity index (χ2n) is 3.57. The van der Waals surface area contributed by atoms with E-state index >= 15 is 0 Å². The van der Waals surface area contributed by atoms with Crippen molar-refractivity contribution in [1.29, 1.82) is 0 Å². The highest BCUT2D eigenvalue weighted by atomic mass is 79.9. The van der Waals surface area contributed by atoms with Crippen LogP contribution in [0.2, 0.25) is 0 Å². The number of aliphatic hydroxyl groups excluding tert-OH is 1. The summed E-state index contributed by atoms with van der Waals surface area (Å²) in [5.41, 5.74) is 0.837. The molecule has 0 radical (unpaired) electrons. The molecule has 5 heteroatoms. The molecule has 1 N–H and O–H groups in total. The Balaban J connectivity index is 2.35. The van der Waals surface area contributed by atoms with Gasteiger partial charge in [-0.3, -0.25) is 4.90 Å². The van der Waals surface area contributed by atoms with Crippen molar-refractivity contribution >= 4 is 22.2 Å². The fourth-order valence-electron chi connectivity index (χ4n) is 1.80. The van der Waals surface area contributed by atoms with E-state index in [9.17, 15) is 4.79 Å². The molecule has 0 aliphatic carbocycles. The Hall–Kier alpha value is -0.910. The topological polar surface area (TPSA) is 49.8 Å². The number of nitrogens with zero attached hydrogens (tertiary/aromatic N) is 1. The quantitative estimate of drug-likeness (QED) is 0.852. The molecule has 0 fully saturated rings. The van der Waals surface area contributed by atoms with Gasteiger partial charge in [0.05, 0.1) is 12.6 Å². The second-order valence-corrected chi connectivity index (χ2v) is 4.49. The molecule has 4 nitrogen and oxygen atoms in total. The summed E-state index contributed by atoms with van der Waals surface area (Å²) in [6.07, 6.45) is 0.878. The van der Waals surface area contributed by atoms with Gasteiger partial charge in [-0.2, -0.15) is 0 Å². The number of hydrogen-bond donors (Lipinski definition) is 1. The molecule has 0 amide bonds. The summed E-state index contributed by atoms with van der Waals surface area (Å²) in [6, 6.07) is 5.25. The van der Waals surface area contributed by atoms with Crippen LogP contribution in [0.4, 0.5) is 0 Å². The molecular weight excluding hydrogens is 274 g/mol. The van der Waals surface area contributed by atoms with Crippen LogP contribution in [0.25, 0.3) is 0 Å². The highest BCUT2D eigenvalue weighted by Crippen LogP contribution is 2.34. The summed E-state index contributed by atoms with van der Waals surface area (Å²) in [7, 11) is 0. The van der Waals surface area contributed by atoms with Crippen LogP contribution in [0.1, 0.15) is 11.6 Å². The van der Waals surface area contributed by atoms with Gasteiger partial charge in [-0.15, -0.1) is 0 Å². The van der Waals surface area contributed by atoms with E-state index in [0.717, 1.165) is 22.1 Å². The molecule has 0 spiro atoms. The second kappa shape index (κ2) is 4.95. The average Bonchev–Trinajstić information content (AvgIpc) is 2.29. The molecule has 0 saturated heterocycles. The van der Waals surface area contributed by atoms with E-state index < -0.39 is 0 Å². The molecule has 16 heavy (non-hydrogen) atoms. The highest BCUT2D eigenvalue weighted by molar-refractivity contribution is 9.10. The number of ether oxygens (including phenoxy) is 1. The maximum absolute atomic E-state index is 11.1. The first kappa shape index (κ1) is 11.6. The van der Waals surface area contributed by atoms with Crippen molar-refractivity contribution in [2.45, 2.75) is 6.04 Å². The minimum Gasteiger partial charge on any atom is -0.478 e. The van der Waals surface area contributed by atoms with Crippen molar-refractivity contribution in [3.63, 3.8) is 0 Å². The summed E-state index contributed by atoms with van der Waals surface area (Å²) in [4.78, 5) is 12.9. The summed E-state index contributed by atoms with van der Waals surface area (Å²) in [5.74, 6) is 0.731. The third kappa shape index (κ3) is 2.11. The first-order chi connectivity index (χ1) is 7.76. The zero-order chi connectivity index (χ0) is 11.5. The molecule has 1 heterocycles. The molecule has 0 aromatic heterocycles. The van der Waals surface area contributed by atoms with Gasteiger partial charge in [-0.25, -0.2) is 0 Å². The predicted molar refractivity (Wildman–Crippen MR) is 62.2 cm³/mol. The van der Waals surface area contributed by atoms with Gasteiger partial charge in [-0.05, 0) is 18.2 Å². The Morgan fingerprint density at radius 2 is 2.44 bits per heavy atom. The van der Waals surface area contributed by atoms with Crippen LogP contribution in [-0.2, 0) is 4.79 Å². The minimum atomic E-state index is -0.339. The van der Waals surface area contributed by atoms with Crippen LogP contribution in [0.5, 0.6) is 5.75 Å². The summed E-state index contributed by atoms with van der Waals surface area (Å²) in [6.45, 7) is 0.769. The molecule has 1 atom stereocenters. The van der Waals surface area contributed by atoms with E-state index in [-0.39, 0.29) is 12.6 Å². The van der Waals surface area contributed by atoms with Crippen LogP contribution in [0.3, 0.4) is 0 Å². The van der Waals surface area contributed by atoms with Crippen LogP contribution in [-0.4, -0.2) is 36.2 Å². The lowest BCUT2D eigenvalue weighted by Gasteiger charge is -2.33. The van der Waals surface area contributed by atoms with Crippen molar-refractivity contribution in [3.8, 4) is 5.75 Å². The van der Waals surface area contributed by atoms with Gasteiger partial charge < -0.3 is 14.6 Å². The number of aldehydes is 1. The standard InChI is InChI=1S/C11H12BrNO3/c12-8-1-2-11-9(5-8)10(6-15)13(3-4-14)7-16-11/h1-2,5-6,10,14H,3-4,7H2. The van der Waals surface area contributed by atoms with E-state index in [0.29, 0.717) is 13.3 Å². The lowest BCUT2D eigenvalue weighted by Crippen LogP contribution is -2.39.